The van der Waals surface area contributed by atoms with Crippen LogP contribution in [0.4, 0.5) is 4.39 Å². The number of nitrogens with one attached hydrogen (secondary N) is 1. The Bertz CT molecular complexity index is 529. The molecular formula is C15H18FN. The van der Waals surface area contributed by atoms with Gasteiger partial charge in [-0.2, -0.15) is 0 Å². The predicted octanol–water partition coefficient (Wildman–Crippen LogP) is 4.60. The Balaban J connectivity index is 2.02. The highest BCUT2D eigenvalue weighted by atomic mass is 19.1. The summed E-state index contributed by atoms with van der Waals surface area (Å²) in [7, 11) is 0. The molecule has 0 bridgehead atoms. The maximum atomic E-state index is 13.6. The number of rotatable bonds is 1. The van der Waals surface area contributed by atoms with E-state index in [4.69, 9.17) is 0 Å². The standard InChI is InChI=1S/C15H18FN/c1-10-4-2-5-11(8-10)13-9-17-15-12(13)6-3-7-14(15)16/h3,6-7,9-11,17H,2,4-5,8H2,1H3. The zero-order valence-corrected chi connectivity index (χ0v) is 10.2. The van der Waals surface area contributed by atoms with Crippen molar-refractivity contribution in [1.29, 1.82) is 0 Å². The topological polar surface area (TPSA) is 15.8 Å². The Morgan fingerprint density at radius 3 is 3.00 bits per heavy atom. The van der Waals surface area contributed by atoms with Crippen LogP contribution in [0.2, 0.25) is 0 Å². The molecule has 2 unspecified atom stereocenters. The Kier molecular flexibility index (Phi) is 2.65. The highest BCUT2D eigenvalue weighted by molar-refractivity contribution is 5.84. The minimum absolute atomic E-state index is 0.141. The van der Waals surface area contributed by atoms with Gasteiger partial charge in [-0.15, -0.1) is 0 Å². The summed E-state index contributed by atoms with van der Waals surface area (Å²) in [5.41, 5.74) is 1.98. The number of benzene rings is 1. The first-order chi connectivity index (χ1) is 8.25. The molecule has 2 heteroatoms. The first-order valence-electron chi connectivity index (χ1n) is 6.51. The quantitative estimate of drug-likeness (QED) is 0.738. The van der Waals surface area contributed by atoms with E-state index in [2.05, 4.69) is 11.9 Å². The van der Waals surface area contributed by atoms with E-state index in [1.165, 1.54) is 37.3 Å². The van der Waals surface area contributed by atoms with Gasteiger partial charge in [-0.05, 0) is 36.3 Å². The van der Waals surface area contributed by atoms with Crippen molar-refractivity contribution in [2.24, 2.45) is 5.92 Å². The first-order valence-corrected chi connectivity index (χ1v) is 6.51. The molecule has 1 saturated carbocycles. The summed E-state index contributed by atoms with van der Waals surface area (Å²) in [4.78, 5) is 3.09. The van der Waals surface area contributed by atoms with Crippen LogP contribution in [-0.4, -0.2) is 4.98 Å². The molecule has 90 valence electrons. The summed E-state index contributed by atoms with van der Waals surface area (Å²) in [6.07, 6.45) is 7.13. The largest absolute Gasteiger partial charge is 0.359 e. The van der Waals surface area contributed by atoms with Gasteiger partial charge in [0.25, 0.3) is 0 Å². The minimum atomic E-state index is -0.141. The third-order valence-electron chi connectivity index (χ3n) is 4.07. The molecule has 2 aromatic rings. The number of hydrogen-bond donors (Lipinski definition) is 1. The van der Waals surface area contributed by atoms with Crippen molar-refractivity contribution in [3.05, 3.63) is 35.8 Å². The van der Waals surface area contributed by atoms with Crippen molar-refractivity contribution in [1.82, 2.24) is 4.98 Å². The Morgan fingerprint density at radius 2 is 2.18 bits per heavy atom. The van der Waals surface area contributed by atoms with E-state index in [0.29, 0.717) is 11.4 Å². The first kappa shape index (κ1) is 10.8. The van der Waals surface area contributed by atoms with Crippen molar-refractivity contribution >= 4 is 10.9 Å². The normalized spacial score (nSPS) is 25.3. The number of aromatic amines is 1. The van der Waals surface area contributed by atoms with Gasteiger partial charge in [-0.1, -0.05) is 31.9 Å². The van der Waals surface area contributed by atoms with Gasteiger partial charge in [0.15, 0.2) is 0 Å². The number of para-hydroxylation sites is 1. The second-order valence-electron chi connectivity index (χ2n) is 5.38. The number of aromatic nitrogens is 1. The summed E-state index contributed by atoms with van der Waals surface area (Å²) >= 11 is 0. The number of H-pyrrole nitrogens is 1. The van der Waals surface area contributed by atoms with Gasteiger partial charge in [-0.3, -0.25) is 0 Å². The molecule has 1 aromatic heterocycles. The van der Waals surface area contributed by atoms with Crippen LogP contribution in [0, 0.1) is 11.7 Å². The third kappa shape index (κ3) is 1.86. The number of fused-ring (bicyclic) bond motifs is 1. The van der Waals surface area contributed by atoms with Crippen LogP contribution in [-0.2, 0) is 0 Å². The fourth-order valence-electron chi connectivity index (χ4n) is 3.19. The Labute approximate surface area is 101 Å². The fourth-order valence-corrected chi connectivity index (χ4v) is 3.19. The monoisotopic (exact) mass is 231 g/mol. The Hall–Kier alpha value is -1.31. The molecule has 3 rings (SSSR count). The lowest BCUT2D eigenvalue weighted by molar-refractivity contribution is 0.345. The van der Waals surface area contributed by atoms with Crippen molar-refractivity contribution in [2.75, 3.05) is 0 Å². The third-order valence-corrected chi connectivity index (χ3v) is 4.07. The number of hydrogen-bond acceptors (Lipinski definition) is 0. The molecule has 0 aliphatic heterocycles. The molecule has 0 radical (unpaired) electrons. The summed E-state index contributed by atoms with van der Waals surface area (Å²) in [6.45, 7) is 2.32. The average Bonchev–Trinajstić information content (AvgIpc) is 2.74. The van der Waals surface area contributed by atoms with E-state index in [1.54, 1.807) is 6.07 Å². The smallest absolute Gasteiger partial charge is 0.147 e. The minimum Gasteiger partial charge on any atom is -0.359 e. The summed E-state index contributed by atoms with van der Waals surface area (Å²) < 4.78 is 13.6. The molecule has 1 heterocycles. The highest BCUT2D eigenvalue weighted by Crippen LogP contribution is 2.39. The van der Waals surface area contributed by atoms with E-state index in [1.807, 2.05) is 12.3 Å². The van der Waals surface area contributed by atoms with Crippen LogP contribution in [0.25, 0.3) is 10.9 Å². The lowest BCUT2D eigenvalue weighted by Gasteiger charge is -2.26. The summed E-state index contributed by atoms with van der Waals surface area (Å²) in [5, 5.41) is 1.07. The van der Waals surface area contributed by atoms with Gasteiger partial charge in [0.05, 0.1) is 5.52 Å². The molecule has 1 nitrogen and oxygen atoms in total. The van der Waals surface area contributed by atoms with Crippen molar-refractivity contribution in [3.8, 4) is 0 Å². The predicted molar refractivity (Wildman–Crippen MR) is 68.6 cm³/mol. The van der Waals surface area contributed by atoms with Crippen molar-refractivity contribution in [3.63, 3.8) is 0 Å². The van der Waals surface area contributed by atoms with Crippen LogP contribution in [0.5, 0.6) is 0 Å². The van der Waals surface area contributed by atoms with Crippen molar-refractivity contribution < 1.29 is 4.39 Å². The number of halogens is 1. The molecule has 1 aliphatic rings. The average molecular weight is 231 g/mol. The van der Waals surface area contributed by atoms with Gasteiger partial charge >= 0.3 is 0 Å². The van der Waals surface area contributed by atoms with Crippen molar-refractivity contribution in [2.45, 2.75) is 38.5 Å². The van der Waals surface area contributed by atoms with Crippen LogP contribution in [0.3, 0.4) is 0 Å². The van der Waals surface area contributed by atoms with Crippen LogP contribution < -0.4 is 0 Å². The second kappa shape index (κ2) is 4.17. The summed E-state index contributed by atoms with van der Waals surface area (Å²) in [5.74, 6) is 1.26. The SMILES string of the molecule is CC1CCCC(c2c[nH]c3c(F)cccc23)C1. The molecule has 1 aliphatic carbocycles. The lowest BCUT2D eigenvalue weighted by Crippen LogP contribution is -2.11. The van der Waals surface area contributed by atoms with Gasteiger partial charge < -0.3 is 4.98 Å². The molecule has 0 amide bonds. The second-order valence-corrected chi connectivity index (χ2v) is 5.38. The van der Waals surface area contributed by atoms with Crippen LogP contribution in [0.15, 0.2) is 24.4 Å². The molecule has 2 atom stereocenters. The van der Waals surface area contributed by atoms with Gasteiger partial charge in [0.1, 0.15) is 5.82 Å². The zero-order chi connectivity index (χ0) is 11.8. The Morgan fingerprint density at radius 1 is 1.29 bits per heavy atom. The van der Waals surface area contributed by atoms with E-state index in [9.17, 15) is 4.39 Å². The molecular weight excluding hydrogens is 213 g/mol. The van der Waals surface area contributed by atoms with Crippen LogP contribution >= 0.6 is 0 Å². The van der Waals surface area contributed by atoms with Gasteiger partial charge in [0.2, 0.25) is 0 Å². The molecule has 0 spiro atoms. The maximum Gasteiger partial charge on any atom is 0.147 e. The van der Waals surface area contributed by atoms with E-state index < -0.39 is 0 Å². The summed E-state index contributed by atoms with van der Waals surface area (Å²) in [6, 6.07) is 5.36. The van der Waals surface area contributed by atoms with Gasteiger partial charge in [-0.25, -0.2) is 4.39 Å². The molecule has 1 aromatic carbocycles. The fraction of sp³-hybridized carbons (Fsp3) is 0.467. The molecule has 1 fully saturated rings. The molecule has 17 heavy (non-hydrogen) atoms. The van der Waals surface area contributed by atoms with E-state index >= 15 is 0 Å². The van der Waals surface area contributed by atoms with Gasteiger partial charge in [0, 0.05) is 11.6 Å². The maximum absolute atomic E-state index is 13.6. The lowest BCUT2D eigenvalue weighted by atomic mass is 9.79. The highest BCUT2D eigenvalue weighted by Gasteiger charge is 2.23. The van der Waals surface area contributed by atoms with E-state index in [-0.39, 0.29) is 5.82 Å². The molecule has 0 saturated heterocycles. The molecule has 1 N–H and O–H groups in total. The van der Waals surface area contributed by atoms with E-state index in [0.717, 1.165) is 11.3 Å². The zero-order valence-electron chi connectivity index (χ0n) is 10.2. The van der Waals surface area contributed by atoms with Crippen LogP contribution in [0.1, 0.15) is 44.1 Å².